The Labute approximate surface area is 172 Å². The van der Waals surface area contributed by atoms with Crippen LogP contribution in [0.2, 0.25) is 0 Å². The van der Waals surface area contributed by atoms with E-state index in [1.165, 1.54) is 122 Å². The summed E-state index contributed by atoms with van der Waals surface area (Å²) < 4.78 is 0. The molecule has 0 spiro atoms. The smallest absolute Gasteiger partial charge is 0.0397 e. The number of hydrogen-bond donors (Lipinski definition) is 1. The lowest BCUT2D eigenvalue weighted by atomic mass is 10.0. The second-order valence-electron chi connectivity index (χ2n) is 8.38. The molecule has 2 heteroatoms. The molecule has 0 aliphatic carbocycles. The van der Waals surface area contributed by atoms with Gasteiger partial charge < -0.3 is 5.73 Å². The maximum absolute atomic E-state index is 5.45. The van der Waals surface area contributed by atoms with E-state index in [1.54, 1.807) is 0 Å². The van der Waals surface area contributed by atoms with Crippen molar-refractivity contribution in [2.75, 3.05) is 13.1 Å². The third-order valence-electron chi connectivity index (χ3n) is 5.56. The van der Waals surface area contributed by atoms with Crippen LogP contribution < -0.4 is 5.73 Å². The summed E-state index contributed by atoms with van der Waals surface area (Å²) in [6, 6.07) is 0. The summed E-state index contributed by atoms with van der Waals surface area (Å²) in [6.07, 6.45) is 31.7. The number of hydrogen-bond acceptors (Lipinski definition) is 2. The molecule has 2 nitrogen and oxygen atoms in total. The van der Waals surface area contributed by atoms with E-state index < -0.39 is 0 Å². The van der Waals surface area contributed by atoms with Crippen LogP contribution in [-0.4, -0.2) is 19.3 Å². The lowest BCUT2D eigenvalue weighted by Crippen LogP contribution is -1.99. The third kappa shape index (κ3) is 25.6. The number of rotatable bonds is 23. The molecule has 162 valence electrons. The van der Waals surface area contributed by atoms with Crippen LogP contribution in [0.1, 0.15) is 142 Å². The zero-order valence-corrected chi connectivity index (χ0v) is 18.9. The van der Waals surface area contributed by atoms with Crippen molar-refractivity contribution in [2.24, 2.45) is 10.7 Å². The van der Waals surface area contributed by atoms with Crippen LogP contribution in [0.5, 0.6) is 0 Å². The van der Waals surface area contributed by atoms with Crippen LogP contribution in [-0.2, 0) is 0 Å². The van der Waals surface area contributed by atoms with E-state index in [4.69, 9.17) is 5.73 Å². The Hall–Kier alpha value is -0.370. The van der Waals surface area contributed by atoms with E-state index in [0.29, 0.717) is 0 Å². The molecule has 0 rings (SSSR count). The SMILES string of the molecule is CCCCCCCCCCCCCCCCCCCCCC=NCCCN. The Kier molecular flexibility index (Phi) is 25.3. The topological polar surface area (TPSA) is 38.4 Å². The first kappa shape index (κ1) is 26.6. The second kappa shape index (κ2) is 25.6. The van der Waals surface area contributed by atoms with Gasteiger partial charge in [-0.1, -0.05) is 122 Å². The van der Waals surface area contributed by atoms with Crippen molar-refractivity contribution in [1.82, 2.24) is 0 Å². The zero-order chi connectivity index (χ0) is 19.7. The van der Waals surface area contributed by atoms with Crippen molar-refractivity contribution in [3.05, 3.63) is 0 Å². The maximum Gasteiger partial charge on any atom is 0.0397 e. The Bertz CT molecular complexity index is 275. The monoisotopic (exact) mass is 380 g/mol. The largest absolute Gasteiger partial charge is 0.330 e. The average Bonchev–Trinajstić information content (AvgIpc) is 2.68. The average molecular weight is 381 g/mol. The molecule has 0 heterocycles. The fourth-order valence-electron chi connectivity index (χ4n) is 3.68. The molecule has 0 radical (unpaired) electrons. The summed E-state index contributed by atoms with van der Waals surface area (Å²) in [7, 11) is 0. The quantitative estimate of drug-likeness (QED) is 0.141. The highest BCUT2D eigenvalue weighted by Crippen LogP contribution is 2.14. The van der Waals surface area contributed by atoms with Crippen LogP contribution in [0.4, 0.5) is 0 Å². The van der Waals surface area contributed by atoms with Gasteiger partial charge in [-0.3, -0.25) is 4.99 Å². The first-order valence-electron chi connectivity index (χ1n) is 12.6. The van der Waals surface area contributed by atoms with Crippen molar-refractivity contribution in [3.63, 3.8) is 0 Å². The number of nitrogens with two attached hydrogens (primary N) is 1. The Morgan fingerprint density at radius 3 is 1.26 bits per heavy atom. The van der Waals surface area contributed by atoms with Gasteiger partial charge in [0.2, 0.25) is 0 Å². The van der Waals surface area contributed by atoms with Gasteiger partial charge in [0.25, 0.3) is 0 Å². The molecule has 0 bridgehead atoms. The first-order chi connectivity index (χ1) is 13.4. The third-order valence-corrected chi connectivity index (χ3v) is 5.56. The summed E-state index contributed by atoms with van der Waals surface area (Å²) >= 11 is 0. The molecule has 0 saturated carbocycles. The van der Waals surface area contributed by atoms with E-state index in [-0.39, 0.29) is 0 Å². The van der Waals surface area contributed by atoms with E-state index in [0.717, 1.165) is 25.9 Å². The normalized spacial score (nSPS) is 11.6. The van der Waals surface area contributed by atoms with Crippen molar-refractivity contribution < 1.29 is 0 Å². The summed E-state index contributed by atoms with van der Waals surface area (Å²) in [5.41, 5.74) is 5.45. The fraction of sp³-hybridized carbons (Fsp3) is 0.960. The van der Waals surface area contributed by atoms with Crippen LogP contribution in [0.25, 0.3) is 0 Å². The molecule has 0 saturated heterocycles. The van der Waals surface area contributed by atoms with Gasteiger partial charge >= 0.3 is 0 Å². The van der Waals surface area contributed by atoms with Crippen molar-refractivity contribution in [2.45, 2.75) is 142 Å². The zero-order valence-electron chi connectivity index (χ0n) is 18.9. The molecule has 0 aliphatic rings. The minimum Gasteiger partial charge on any atom is -0.330 e. The minimum absolute atomic E-state index is 0.761. The molecular formula is C25H52N2. The van der Waals surface area contributed by atoms with E-state index in [9.17, 15) is 0 Å². The van der Waals surface area contributed by atoms with Crippen LogP contribution in [0, 0.1) is 0 Å². The molecular weight excluding hydrogens is 328 g/mol. The molecule has 0 aromatic carbocycles. The standard InChI is InChI=1S/C25H52N2/c1-2-3-4-5-6-7-8-9-10-11-12-13-14-15-16-17-18-19-20-21-24-27-25-22-23-26/h24H,2-23,25-26H2,1H3. The Morgan fingerprint density at radius 2 is 0.889 bits per heavy atom. The molecule has 2 N–H and O–H groups in total. The van der Waals surface area contributed by atoms with Gasteiger partial charge in [-0.15, -0.1) is 0 Å². The van der Waals surface area contributed by atoms with Crippen LogP contribution >= 0.6 is 0 Å². The second-order valence-corrected chi connectivity index (χ2v) is 8.38. The Morgan fingerprint density at radius 1 is 0.519 bits per heavy atom. The highest BCUT2D eigenvalue weighted by atomic mass is 14.7. The summed E-state index contributed by atoms with van der Waals surface area (Å²) in [5.74, 6) is 0. The predicted molar refractivity (Wildman–Crippen MR) is 125 cm³/mol. The van der Waals surface area contributed by atoms with E-state index in [2.05, 4.69) is 18.1 Å². The lowest BCUT2D eigenvalue weighted by molar-refractivity contribution is 0.524. The Balaban J connectivity index is 3.00. The van der Waals surface area contributed by atoms with Gasteiger partial charge in [0.05, 0.1) is 0 Å². The molecule has 0 unspecified atom stereocenters. The fourth-order valence-corrected chi connectivity index (χ4v) is 3.68. The van der Waals surface area contributed by atoms with Crippen molar-refractivity contribution in [1.29, 1.82) is 0 Å². The van der Waals surface area contributed by atoms with E-state index >= 15 is 0 Å². The molecule has 27 heavy (non-hydrogen) atoms. The maximum atomic E-state index is 5.45. The molecule has 0 aromatic rings. The van der Waals surface area contributed by atoms with Crippen molar-refractivity contribution in [3.8, 4) is 0 Å². The number of nitrogens with zero attached hydrogens (tertiary/aromatic N) is 1. The van der Waals surface area contributed by atoms with E-state index in [1.807, 2.05) is 0 Å². The first-order valence-corrected chi connectivity index (χ1v) is 12.6. The predicted octanol–water partition coefficient (Wildman–Crippen LogP) is 8.23. The highest BCUT2D eigenvalue weighted by Gasteiger charge is 1.95. The van der Waals surface area contributed by atoms with Gasteiger partial charge in [0.1, 0.15) is 0 Å². The van der Waals surface area contributed by atoms with Crippen LogP contribution in [0.3, 0.4) is 0 Å². The summed E-state index contributed by atoms with van der Waals surface area (Å²) in [6.45, 7) is 3.97. The van der Waals surface area contributed by atoms with Gasteiger partial charge in [0, 0.05) is 6.54 Å². The highest BCUT2D eigenvalue weighted by molar-refractivity contribution is 5.56. The van der Waals surface area contributed by atoms with Gasteiger partial charge in [-0.05, 0) is 32.0 Å². The van der Waals surface area contributed by atoms with Gasteiger partial charge in [-0.25, -0.2) is 0 Å². The van der Waals surface area contributed by atoms with Crippen LogP contribution in [0.15, 0.2) is 4.99 Å². The number of unbranched alkanes of at least 4 members (excludes halogenated alkanes) is 19. The molecule has 0 aliphatic heterocycles. The number of aliphatic imine (C=N–C) groups is 1. The van der Waals surface area contributed by atoms with Crippen molar-refractivity contribution >= 4 is 6.21 Å². The summed E-state index contributed by atoms with van der Waals surface area (Å²) in [4.78, 5) is 4.37. The molecule has 0 atom stereocenters. The summed E-state index contributed by atoms with van der Waals surface area (Å²) in [5, 5.41) is 0. The molecule has 0 fully saturated rings. The van der Waals surface area contributed by atoms with Gasteiger partial charge in [-0.2, -0.15) is 0 Å². The lowest BCUT2D eigenvalue weighted by Gasteiger charge is -2.03. The minimum atomic E-state index is 0.761. The molecule has 0 aromatic heterocycles. The van der Waals surface area contributed by atoms with Gasteiger partial charge in [0.15, 0.2) is 0 Å². The molecule has 0 amide bonds.